The Morgan fingerprint density at radius 1 is 1.50 bits per heavy atom. The van der Waals surface area contributed by atoms with Crippen LogP contribution < -0.4 is 0 Å². The molecule has 2 atom stereocenters. The number of hydrogen-bond acceptors (Lipinski definition) is 2. The standard InChI is InChI=1S/C5H14O3SSi/c1-5(9(6)7)8-10(2,3)4/h5H,1-4H3,(H,6,7). The van der Waals surface area contributed by atoms with Crippen LogP contribution in [0.25, 0.3) is 0 Å². The maximum absolute atomic E-state index is 10.4. The molecule has 0 aromatic heterocycles. The normalized spacial score (nSPS) is 18.5. The van der Waals surface area contributed by atoms with Gasteiger partial charge in [0.1, 0.15) is 5.44 Å². The molecule has 0 aliphatic rings. The Hall–Kier alpha value is 0.287. The predicted octanol–water partition coefficient (Wildman–Crippen LogP) is 1.41. The van der Waals surface area contributed by atoms with Gasteiger partial charge in [0, 0.05) is 0 Å². The molecule has 0 aromatic rings. The van der Waals surface area contributed by atoms with E-state index in [4.69, 9.17) is 8.98 Å². The van der Waals surface area contributed by atoms with Gasteiger partial charge >= 0.3 is 0 Å². The quantitative estimate of drug-likeness (QED) is 0.530. The molecule has 2 unspecified atom stereocenters. The molecular weight excluding hydrogens is 168 g/mol. The lowest BCUT2D eigenvalue weighted by Gasteiger charge is -2.20. The molecule has 0 rings (SSSR count). The SMILES string of the molecule is CC(O[Si](C)(C)C)S(=O)O. The molecule has 0 spiro atoms. The van der Waals surface area contributed by atoms with Crippen molar-refractivity contribution in [3.8, 4) is 0 Å². The lowest BCUT2D eigenvalue weighted by Crippen LogP contribution is -2.32. The van der Waals surface area contributed by atoms with Crippen molar-refractivity contribution in [3.05, 3.63) is 0 Å². The van der Waals surface area contributed by atoms with Crippen molar-refractivity contribution in [1.82, 2.24) is 0 Å². The van der Waals surface area contributed by atoms with Gasteiger partial charge in [-0.1, -0.05) is 0 Å². The Balaban J connectivity index is 3.80. The van der Waals surface area contributed by atoms with Crippen LogP contribution in [0.2, 0.25) is 19.6 Å². The first-order chi connectivity index (χ1) is 4.33. The summed E-state index contributed by atoms with van der Waals surface area (Å²) in [5.41, 5.74) is -0.549. The average molecular weight is 182 g/mol. The van der Waals surface area contributed by atoms with Gasteiger partial charge < -0.3 is 8.98 Å². The lowest BCUT2D eigenvalue weighted by atomic mass is 10.9. The summed E-state index contributed by atoms with van der Waals surface area (Å²) in [5, 5.41) is 0. The maximum atomic E-state index is 10.4. The largest absolute Gasteiger partial charge is 0.402 e. The van der Waals surface area contributed by atoms with Crippen LogP contribution in [0.4, 0.5) is 0 Å². The molecule has 0 aromatic carbocycles. The molecule has 0 amide bonds. The van der Waals surface area contributed by atoms with Crippen LogP contribution in [0.5, 0.6) is 0 Å². The Kier molecular flexibility index (Phi) is 3.72. The summed E-state index contributed by atoms with van der Waals surface area (Å²) in [7, 11) is -1.64. The topological polar surface area (TPSA) is 46.5 Å². The van der Waals surface area contributed by atoms with E-state index in [1.54, 1.807) is 6.92 Å². The molecule has 0 bridgehead atoms. The van der Waals surface area contributed by atoms with E-state index in [1.165, 1.54) is 0 Å². The van der Waals surface area contributed by atoms with Crippen LogP contribution in [0.1, 0.15) is 6.92 Å². The van der Waals surface area contributed by atoms with Crippen LogP contribution >= 0.6 is 0 Å². The summed E-state index contributed by atoms with van der Waals surface area (Å²) in [6, 6.07) is 0. The fourth-order valence-corrected chi connectivity index (χ4v) is 2.73. The average Bonchev–Trinajstić information content (AvgIpc) is 1.60. The first-order valence-electron chi connectivity index (χ1n) is 3.10. The van der Waals surface area contributed by atoms with E-state index in [-0.39, 0.29) is 0 Å². The van der Waals surface area contributed by atoms with E-state index in [9.17, 15) is 4.21 Å². The van der Waals surface area contributed by atoms with Crippen LogP contribution in [-0.4, -0.2) is 22.5 Å². The summed E-state index contributed by atoms with van der Waals surface area (Å²) in [6.45, 7) is 7.55. The third-order valence-electron chi connectivity index (χ3n) is 0.803. The Morgan fingerprint density at radius 2 is 1.90 bits per heavy atom. The molecule has 62 valence electrons. The van der Waals surface area contributed by atoms with Crippen molar-refractivity contribution in [1.29, 1.82) is 0 Å². The van der Waals surface area contributed by atoms with Gasteiger partial charge in [-0.15, -0.1) is 0 Å². The third kappa shape index (κ3) is 5.10. The zero-order valence-electron chi connectivity index (χ0n) is 6.75. The van der Waals surface area contributed by atoms with Crippen molar-refractivity contribution in [2.75, 3.05) is 0 Å². The second-order valence-electron chi connectivity index (χ2n) is 3.07. The van der Waals surface area contributed by atoms with Crippen LogP contribution in [0.3, 0.4) is 0 Å². The van der Waals surface area contributed by atoms with Crippen LogP contribution in [0.15, 0.2) is 0 Å². The third-order valence-corrected chi connectivity index (χ3v) is 2.70. The van der Waals surface area contributed by atoms with Gasteiger partial charge in [-0.05, 0) is 26.6 Å². The first-order valence-corrected chi connectivity index (χ1v) is 7.68. The summed E-state index contributed by atoms with van der Waals surface area (Å²) in [4.78, 5) is 0. The monoisotopic (exact) mass is 182 g/mol. The van der Waals surface area contributed by atoms with E-state index in [1.807, 2.05) is 19.6 Å². The fourth-order valence-electron chi connectivity index (χ4n) is 0.539. The summed E-state index contributed by atoms with van der Waals surface area (Å²) < 4.78 is 24.2. The van der Waals surface area contributed by atoms with Gasteiger partial charge in [0.2, 0.25) is 0 Å². The highest BCUT2D eigenvalue weighted by Gasteiger charge is 2.20. The van der Waals surface area contributed by atoms with Gasteiger partial charge in [-0.2, -0.15) is 0 Å². The predicted molar refractivity (Wildman–Crippen MR) is 44.7 cm³/mol. The van der Waals surface area contributed by atoms with Crippen molar-refractivity contribution in [2.45, 2.75) is 32.0 Å². The van der Waals surface area contributed by atoms with Gasteiger partial charge in [-0.3, -0.25) is 0 Å². The van der Waals surface area contributed by atoms with Gasteiger partial charge in [0.05, 0.1) is 0 Å². The highest BCUT2D eigenvalue weighted by Crippen LogP contribution is 2.08. The minimum atomic E-state index is -1.84. The highest BCUT2D eigenvalue weighted by molar-refractivity contribution is 7.79. The lowest BCUT2D eigenvalue weighted by molar-refractivity contribution is 0.282. The minimum Gasteiger partial charge on any atom is -0.402 e. The summed E-state index contributed by atoms with van der Waals surface area (Å²) >= 11 is -1.84. The van der Waals surface area contributed by atoms with Crippen molar-refractivity contribution in [3.63, 3.8) is 0 Å². The van der Waals surface area contributed by atoms with E-state index in [0.29, 0.717) is 0 Å². The zero-order valence-corrected chi connectivity index (χ0v) is 8.57. The van der Waals surface area contributed by atoms with Gasteiger partial charge in [-0.25, -0.2) is 4.21 Å². The molecule has 5 heteroatoms. The van der Waals surface area contributed by atoms with Crippen molar-refractivity contribution >= 4 is 19.4 Å². The van der Waals surface area contributed by atoms with E-state index >= 15 is 0 Å². The molecule has 3 nitrogen and oxygen atoms in total. The zero-order chi connectivity index (χ0) is 8.36. The van der Waals surface area contributed by atoms with Gasteiger partial charge in [0.15, 0.2) is 19.4 Å². The fraction of sp³-hybridized carbons (Fsp3) is 1.00. The van der Waals surface area contributed by atoms with Crippen molar-refractivity contribution < 1.29 is 13.2 Å². The molecule has 0 fully saturated rings. The van der Waals surface area contributed by atoms with Gasteiger partial charge in [0.25, 0.3) is 0 Å². The smallest absolute Gasteiger partial charge is 0.185 e. The summed E-state index contributed by atoms with van der Waals surface area (Å²) in [6.07, 6.45) is 0. The minimum absolute atomic E-state index is 0.549. The van der Waals surface area contributed by atoms with E-state index < -0.39 is 24.8 Å². The molecule has 0 heterocycles. The molecule has 1 N–H and O–H groups in total. The second-order valence-corrected chi connectivity index (χ2v) is 8.75. The van der Waals surface area contributed by atoms with Crippen molar-refractivity contribution in [2.24, 2.45) is 0 Å². The molecule has 0 radical (unpaired) electrons. The Labute approximate surface area is 65.2 Å². The number of hydrogen-bond donors (Lipinski definition) is 1. The Morgan fingerprint density at radius 3 is 2.00 bits per heavy atom. The number of rotatable bonds is 3. The summed E-state index contributed by atoms with van der Waals surface area (Å²) in [5.74, 6) is 0. The molecule has 10 heavy (non-hydrogen) atoms. The second kappa shape index (κ2) is 3.61. The molecular formula is C5H14O3SSi. The maximum Gasteiger partial charge on any atom is 0.185 e. The highest BCUT2D eigenvalue weighted by atomic mass is 32.2. The molecule has 0 saturated heterocycles. The van der Waals surface area contributed by atoms with Crippen LogP contribution in [0, 0.1) is 0 Å². The van der Waals surface area contributed by atoms with Crippen LogP contribution in [-0.2, 0) is 15.5 Å². The molecule has 0 aliphatic carbocycles. The van der Waals surface area contributed by atoms with E-state index in [2.05, 4.69) is 0 Å². The molecule has 0 saturated carbocycles. The molecule has 0 aliphatic heterocycles. The Bertz CT molecular complexity index is 131. The van der Waals surface area contributed by atoms with E-state index in [0.717, 1.165) is 0 Å². The first kappa shape index (κ1) is 10.3.